The van der Waals surface area contributed by atoms with E-state index in [2.05, 4.69) is 0 Å². The summed E-state index contributed by atoms with van der Waals surface area (Å²) in [7, 11) is 3.73. The van der Waals surface area contributed by atoms with Crippen molar-refractivity contribution in [2.75, 3.05) is 14.1 Å². The Morgan fingerprint density at radius 1 is 1.25 bits per heavy atom. The van der Waals surface area contributed by atoms with Gasteiger partial charge < -0.3 is 9.32 Å². The Bertz CT molecular complexity index is 639. The highest BCUT2D eigenvalue weighted by Crippen LogP contribution is 2.27. The van der Waals surface area contributed by atoms with Gasteiger partial charge in [-0.15, -0.1) is 0 Å². The monoisotopic (exact) mass is 289 g/mol. The lowest BCUT2D eigenvalue weighted by Crippen LogP contribution is -2.03. The van der Waals surface area contributed by atoms with E-state index in [0.717, 1.165) is 5.56 Å². The summed E-state index contributed by atoms with van der Waals surface area (Å²) in [6.07, 6.45) is 3.25. The maximum absolute atomic E-state index is 12.1. The Balaban J connectivity index is 2.30. The number of hydrogen-bond donors (Lipinski definition) is 0. The minimum atomic E-state index is -0.0693. The van der Waals surface area contributed by atoms with Gasteiger partial charge >= 0.3 is 0 Å². The number of ketones is 1. The first-order valence-electron chi connectivity index (χ1n) is 6.22. The van der Waals surface area contributed by atoms with Crippen LogP contribution in [-0.4, -0.2) is 24.8 Å². The molecule has 0 N–H and O–H groups in total. The second kappa shape index (κ2) is 5.97. The van der Waals surface area contributed by atoms with Crippen LogP contribution in [0.4, 0.5) is 0 Å². The fourth-order valence-electron chi connectivity index (χ4n) is 1.79. The van der Waals surface area contributed by atoms with Crippen molar-refractivity contribution < 1.29 is 9.21 Å². The van der Waals surface area contributed by atoms with Crippen LogP contribution < -0.4 is 0 Å². The van der Waals surface area contributed by atoms with Gasteiger partial charge in [0.25, 0.3) is 0 Å². The average molecular weight is 290 g/mol. The Hall–Kier alpha value is -2.00. The molecule has 0 amide bonds. The standard InChI is InChI=1S/C16H16ClNO2/c1-11-14(15(19)8-9-18(2)3)10-16(20-11)12-4-6-13(17)7-5-12/h4-10H,1-3H3/b9-8+. The molecule has 104 valence electrons. The van der Waals surface area contributed by atoms with Crippen LogP contribution in [-0.2, 0) is 0 Å². The van der Waals surface area contributed by atoms with Crippen LogP contribution in [0, 0.1) is 6.92 Å². The minimum Gasteiger partial charge on any atom is -0.461 e. The van der Waals surface area contributed by atoms with E-state index in [1.807, 2.05) is 31.1 Å². The van der Waals surface area contributed by atoms with E-state index in [4.69, 9.17) is 16.0 Å². The molecule has 0 aliphatic rings. The summed E-state index contributed by atoms with van der Waals surface area (Å²) in [6.45, 7) is 1.79. The molecule has 1 aromatic carbocycles. The SMILES string of the molecule is Cc1oc(-c2ccc(Cl)cc2)cc1C(=O)/C=C/N(C)C. The number of halogens is 1. The number of hydrogen-bond acceptors (Lipinski definition) is 3. The first kappa shape index (κ1) is 14.4. The molecule has 2 rings (SSSR count). The largest absolute Gasteiger partial charge is 0.461 e. The van der Waals surface area contributed by atoms with Gasteiger partial charge in [-0.2, -0.15) is 0 Å². The molecule has 0 atom stereocenters. The molecule has 0 bridgehead atoms. The molecule has 2 aromatic rings. The van der Waals surface area contributed by atoms with Gasteiger partial charge in [0.15, 0.2) is 5.78 Å². The smallest absolute Gasteiger partial charge is 0.190 e. The summed E-state index contributed by atoms with van der Waals surface area (Å²) in [5.74, 6) is 1.21. The number of aryl methyl sites for hydroxylation is 1. The average Bonchev–Trinajstić information content (AvgIpc) is 2.79. The second-order valence-electron chi connectivity index (χ2n) is 4.73. The highest BCUT2D eigenvalue weighted by atomic mass is 35.5. The van der Waals surface area contributed by atoms with Gasteiger partial charge in [-0.1, -0.05) is 11.6 Å². The van der Waals surface area contributed by atoms with E-state index in [9.17, 15) is 4.79 Å². The lowest BCUT2D eigenvalue weighted by Gasteiger charge is -2.01. The maximum Gasteiger partial charge on any atom is 0.190 e. The van der Waals surface area contributed by atoms with Crippen molar-refractivity contribution in [3.8, 4) is 11.3 Å². The van der Waals surface area contributed by atoms with Gasteiger partial charge in [0.05, 0.1) is 5.56 Å². The molecule has 0 aliphatic heterocycles. The lowest BCUT2D eigenvalue weighted by molar-refractivity contribution is 0.104. The lowest BCUT2D eigenvalue weighted by atomic mass is 10.1. The molecule has 0 radical (unpaired) electrons. The molecule has 1 heterocycles. The molecule has 20 heavy (non-hydrogen) atoms. The van der Waals surface area contributed by atoms with Crippen molar-refractivity contribution in [2.24, 2.45) is 0 Å². The molecule has 0 saturated heterocycles. The number of nitrogens with zero attached hydrogens (tertiary/aromatic N) is 1. The quantitative estimate of drug-likeness (QED) is 0.626. The maximum atomic E-state index is 12.1. The van der Waals surface area contributed by atoms with E-state index in [1.54, 1.807) is 31.3 Å². The molecule has 0 spiro atoms. The first-order chi connectivity index (χ1) is 9.47. The van der Waals surface area contributed by atoms with E-state index in [-0.39, 0.29) is 5.78 Å². The van der Waals surface area contributed by atoms with Gasteiger partial charge in [-0.05, 0) is 37.3 Å². The number of benzene rings is 1. The van der Waals surface area contributed by atoms with Crippen molar-refractivity contribution >= 4 is 17.4 Å². The third-order valence-corrected chi connectivity index (χ3v) is 3.09. The van der Waals surface area contributed by atoms with Crippen LogP contribution in [0.3, 0.4) is 0 Å². The molecule has 0 saturated carbocycles. The first-order valence-corrected chi connectivity index (χ1v) is 6.60. The molecule has 4 heteroatoms. The van der Waals surface area contributed by atoms with E-state index >= 15 is 0 Å². The highest BCUT2D eigenvalue weighted by Gasteiger charge is 2.14. The van der Waals surface area contributed by atoms with Crippen LogP contribution in [0.15, 0.2) is 47.0 Å². The summed E-state index contributed by atoms with van der Waals surface area (Å²) in [5.41, 5.74) is 1.47. The summed E-state index contributed by atoms with van der Waals surface area (Å²) >= 11 is 5.86. The van der Waals surface area contributed by atoms with E-state index < -0.39 is 0 Å². The molecular formula is C16H16ClNO2. The minimum absolute atomic E-state index is 0.0693. The fourth-order valence-corrected chi connectivity index (χ4v) is 1.92. The third kappa shape index (κ3) is 3.31. The Kier molecular flexibility index (Phi) is 4.30. The van der Waals surface area contributed by atoms with Gasteiger partial charge in [0.2, 0.25) is 0 Å². The number of carbonyl (C=O) groups is 1. The fraction of sp³-hybridized carbons (Fsp3) is 0.188. The van der Waals surface area contributed by atoms with Crippen LogP contribution in [0.2, 0.25) is 5.02 Å². The number of allylic oxidation sites excluding steroid dienone is 1. The van der Waals surface area contributed by atoms with Crippen LogP contribution in [0.5, 0.6) is 0 Å². The summed E-state index contributed by atoms with van der Waals surface area (Å²) in [4.78, 5) is 13.9. The molecule has 3 nitrogen and oxygen atoms in total. The Labute approximate surface area is 123 Å². The van der Waals surface area contributed by atoms with Crippen molar-refractivity contribution in [2.45, 2.75) is 6.92 Å². The van der Waals surface area contributed by atoms with Crippen molar-refractivity contribution in [1.82, 2.24) is 4.90 Å². The van der Waals surface area contributed by atoms with Crippen molar-refractivity contribution in [3.63, 3.8) is 0 Å². The highest BCUT2D eigenvalue weighted by molar-refractivity contribution is 6.30. The number of carbonyl (C=O) groups excluding carboxylic acids is 1. The zero-order chi connectivity index (χ0) is 14.7. The van der Waals surface area contributed by atoms with Crippen molar-refractivity contribution in [3.05, 3.63) is 59.0 Å². The summed E-state index contributed by atoms with van der Waals surface area (Å²) < 4.78 is 5.66. The van der Waals surface area contributed by atoms with Crippen LogP contribution in [0.25, 0.3) is 11.3 Å². The normalized spacial score (nSPS) is 11.0. The molecule has 0 aliphatic carbocycles. The topological polar surface area (TPSA) is 33.5 Å². The molecule has 1 aromatic heterocycles. The third-order valence-electron chi connectivity index (χ3n) is 2.84. The van der Waals surface area contributed by atoms with E-state index in [1.165, 1.54) is 6.08 Å². The van der Waals surface area contributed by atoms with Crippen LogP contribution in [0.1, 0.15) is 16.1 Å². The van der Waals surface area contributed by atoms with E-state index in [0.29, 0.717) is 22.1 Å². The number of rotatable bonds is 4. The van der Waals surface area contributed by atoms with Crippen LogP contribution >= 0.6 is 11.6 Å². The van der Waals surface area contributed by atoms with Gasteiger partial charge in [0.1, 0.15) is 11.5 Å². The number of furan rings is 1. The Morgan fingerprint density at radius 3 is 2.50 bits per heavy atom. The van der Waals surface area contributed by atoms with Gasteiger partial charge in [-0.25, -0.2) is 0 Å². The zero-order valence-corrected chi connectivity index (χ0v) is 12.4. The summed E-state index contributed by atoms with van der Waals surface area (Å²) in [6, 6.07) is 9.08. The Morgan fingerprint density at radius 2 is 1.90 bits per heavy atom. The predicted molar refractivity (Wildman–Crippen MR) is 81.0 cm³/mol. The summed E-state index contributed by atoms with van der Waals surface area (Å²) in [5, 5.41) is 0.669. The molecular weight excluding hydrogens is 274 g/mol. The van der Waals surface area contributed by atoms with Gasteiger partial charge in [0, 0.05) is 37.0 Å². The molecule has 0 unspecified atom stereocenters. The predicted octanol–water partition coefficient (Wildman–Crippen LogP) is 4.17. The van der Waals surface area contributed by atoms with Gasteiger partial charge in [-0.3, -0.25) is 4.79 Å². The zero-order valence-electron chi connectivity index (χ0n) is 11.7. The molecule has 0 fully saturated rings. The van der Waals surface area contributed by atoms with Crippen molar-refractivity contribution in [1.29, 1.82) is 0 Å². The second-order valence-corrected chi connectivity index (χ2v) is 5.17.